The van der Waals surface area contributed by atoms with E-state index in [0.29, 0.717) is 19.0 Å². The lowest BCUT2D eigenvalue weighted by Crippen LogP contribution is -2.45. The van der Waals surface area contributed by atoms with E-state index in [4.69, 9.17) is 9.47 Å². The fourth-order valence-corrected chi connectivity index (χ4v) is 2.59. The maximum absolute atomic E-state index is 12.3. The third-order valence-electron chi connectivity index (χ3n) is 3.80. The summed E-state index contributed by atoms with van der Waals surface area (Å²) in [4.78, 5) is 26.4. The van der Waals surface area contributed by atoms with Gasteiger partial charge in [-0.15, -0.1) is 0 Å². The molecule has 0 aromatic carbocycles. The van der Waals surface area contributed by atoms with Crippen LogP contribution in [0, 0.1) is 6.92 Å². The van der Waals surface area contributed by atoms with Crippen molar-refractivity contribution < 1.29 is 14.3 Å². The summed E-state index contributed by atoms with van der Waals surface area (Å²) >= 11 is 0. The second kappa shape index (κ2) is 6.88. The van der Waals surface area contributed by atoms with Gasteiger partial charge in [0.25, 0.3) is 5.91 Å². The first-order valence-corrected chi connectivity index (χ1v) is 7.84. The summed E-state index contributed by atoms with van der Waals surface area (Å²) in [5.74, 6) is 0.278. The van der Waals surface area contributed by atoms with Crippen LogP contribution in [-0.2, 0) is 11.3 Å². The molecule has 0 saturated carbocycles. The van der Waals surface area contributed by atoms with E-state index >= 15 is 0 Å². The van der Waals surface area contributed by atoms with Crippen molar-refractivity contribution in [3.8, 4) is 5.75 Å². The molecule has 0 radical (unpaired) electrons. The van der Waals surface area contributed by atoms with Crippen molar-refractivity contribution >= 4 is 5.91 Å². The lowest BCUT2D eigenvalue weighted by molar-refractivity contribution is 0.0898. The summed E-state index contributed by atoms with van der Waals surface area (Å²) in [5, 5.41) is 7.01. The van der Waals surface area contributed by atoms with Gasteiger partial charge in [-0.2, -0.15) is 5.10 Å². The zero-order valence-corrected chi connectivity index (χ0v) is 13.6. The summed E-state index contributed by atoms with van der Waals surface area (Å²) in [6.45, 7) is 5.25. The van der Waals surface area contributed by atoms with Gasteiger partial charge in [0.2, 0.25) is 5.56 Å². The van der Waals surface area contributed by atoms with Crippen molar-refractivity contribution in [2.24, 2.45) is 0 Å². The van der Waals surface area contributed by atoms with E-state index in [2.05, 4.69) is 15.4 Å². The summed E-state index contributed by atoms with van der Waals surface area (Å²) in [6, 6.07) is 2.77. The quantitative estimate of drug-likeness (QED) is 0.830. The Morgan fingerprint density at radius 2 is 2.33 bits per heavy atom. The largest absolute Gasteiger partial charge is 0.482 e. The molecule has 1 aliphatic heterocycles. The van der Waals surface area contributed by atoms with Gasteiger partial charge in [0.1, 0.15) is 11.8 Å². The number of rotatable bonds is 5. The first-order valence-electron chi connectivity index (χ1n) is 7.84. The van der Waals surface area contributed by atoms with Crippen molar-refractivity contribution in [1.82, 2.24) is 20.1 Å². The standard InChI is InChI=1S/C16H20N4O4/c1-3-20-7-11(6-17-20)24-14-9-23-8-13(14)19-16(22)12-4-10(2)5-15(21)18-12/h4-7,13-14H,3,8-9H2,1-2H3,(H,18,21)(H,19,22)/t13-,14+/m0/s1. The second-order valence-corrected chi connectivity index (χ2v) is 5.74. The number of aryl methyl sites for hydroxylation is 2. The molecule has 0 aliphatic carbocycles. The molecule has 128 valence electrons. The number of amides is 1. The molecule has 3 rings (SSSR count). The highest BCUT2D eigenvalue weighted by Gasteiger charge is 2.32. The number of hydrogen-bond donors (Lipinski definition) is 2. The van der Waals surface area contributed by atoms with Crippen LogP contribution in [0.25, 0.3) is 0 Å². The molecule has 2 N–H and O–H groups in total. The van der Waals surface area contributed by atoms with Crippen LogP contribution in [-0.4, -0.2) is 46.0 Å². The summed E-state index contributed by atoms with van der Waals surface area (Å²) in [7, 11) is 0. The molecule has 2 atom stereocenters. The number of carbonyl (C=O) groups is 1. The van der Waals surface area contributed by atoms with E-state index in [1.54, 1.807) is 30.1 Å². The lowest BCUT2D eigenvalue weighted by atomic mass is 10.2. The predicted octanol–water partition coefficient (Wildman–Crippen LogP) is 0.476. The van der Waals surface area contributed by atoms with Crippen LogP contribution >= 0.6 is 0 Å². The number of hydrogen-bond acceptors (Lipinski definition) is 5. The van der Waals surface area contributed by atoms with E-state index in [9.17, 15) is 9.59 Å². The molecule has 2 aromatic heterocycles. The highest BCUT2D eigenvalue weighted by Crippen LogP contribution is 2.17. The highest BCUT2D eigenvalue weighted by atomic mass is 16.5. The fraction of sp³-hybridized carbons (Fsp3) is 0.438. The first kappa shape index (κ1) is 16.3. The normalized spacial score (nSPS) is 20.1. The second-order valence-electron chi connectivity index (χ2n) is 5.74. The molecule has 1 aliphatic rings. The number of nitrogens with one attached hydrogen (secondary N) is 2. The van der Waals surface area contributed by atoms with Crippen molar-refractivity contribution in [2.75, 3.05) is 13.2 Å². The average Bonchev–Trinajstić information content (AvgIpc) is 3.16. The van der Waals surface area contributed by atoms with E-state index in [1.165, 1.54) is 6.07 Å². The molecule has 8 nitrogen and oxygen atoms in total. The number of H-pyrrole nitrogens is 1. The Bertz CT molecular complexity index is 782. The Hall–Kier alpha value is -2.61. The van der Waals surface area contributed by atoms with Crippen molar-refractivity contribution in [3.63, 3.8) is 0 Å². The molecule has 24 heavy (non-hydrogen) atoms. The smallest absolute Gasteiger partial charge is 0.268 e. The first-order chi connectivity index (χ1) is 11.5. The third kappa shape index (κ3) is 3.65. The van der Waals surface area contributed by atoms with E-state index in [1.807, 2.05) is 6.92 Å². The van der Waals surface area contributed by atoms with Gasteiger partial charge in [-0.1, -0.05) is 0 Å². The van der Waals surface area contributed by atoms with E-state index < -0.39 is 0 Å². The van der Waals surface area contributed by atoms with Crippen LogP contribution in [0.5, 0.6) is 5.75 Å². The van der Waals surface area contributed by atoms with Gasteiger partial charge in [-0.05, 0) is 25.5 Å². The number of aromatic nitrogens is 3. The number of pyridine rings is 1. The minimum Gasteiger partial charge on any atom is -0.482 e. The van der Waals surface area contributed by atoms with Gasteiger partial charge in [-0.3, -0.25) is 14.3 Å². The number of nitrogens with zero attached hydrogens (tertiary/aromatic N) is 2. The Morgan fingerprint density at radius 1 is 1.50 bits per heavy atom. The SMILES string of the molecule is CCn1cc(O[C@@H]2COC[C@@H]2NC(=O)c2cc(C)cc(=O)[nH]2)cn1. The summed E-state index contributed by atoms with van der Waals surface area (Å²) in [5.41, 5.74) is 0.651. The van der Waals surface area contributed by atoms with Gasteiger partial charge in [0.15, 0.2) is 5.75 Å². The zero-order valence-electron chi connectivity index (χ0n) is 13.6. The van der Waals surface area contributed by atoms with E-state index in [-0.39, 0.29) is 29.3 Å². The van der Waals surface area contributed by atoms with Crippen LogP contribution in [0.2, 0.25) is 0 Å². The number of aromatic amines is 1. The molecule has 1 saturated heterocycles. The summed E-state index contributed by atoms with van der Waals surface area (Å²) in [6.07, 6.45) is 3.13. The van der Waals surface area contributed by atoms with Crippen LogP contribution in [0.4, 0.5) is 0 Å². The van der Waals surface area contributed by atoms with Crippen LogP contribution in [0.15, 0.2) is 29.3 Å². The average molecular weight is 332 g/mol. The molecule has 0 spiro atoms. The molecule has 2 aromatic rings. The van der Waals surface area contributed by atoms with Crippen molar-refractivity contribution in [2.45, 2.75) is 32.5 Å². The molecule has 0 unspecified atom stereocenters. The molecular formula is C16H20N4O4. The van der Waals surface area contributed by atoms with Crippen molar-refractivity contribution in [1.29, 1.82) is 0 Å². The van der Waals surface area contributed by atoms with Crippen molar-refractivity contribution in [3.05, 3.63) is 46.1 Å². The van der Waals surface area contributed by atoms with Crippen LogP contribution in [0.1, 0.15) is 23.0 Å². The Kier molecular flexibility index (Phi) is 4.66. The number of carbonyl (C=O) groups excluding carboxylic acids is 1. The van der Waals surface area contributed by atoms with Gasteiger partial charge < -0.3 is 19.8 Å². The Morgan fingerprint density at radius 3 is 3.04 bits per heavy atom. The Labute approximate surface area is 138 Å². The Balaban J connectivity index is 1.66. The zero-order chi connectivity index (χ0) is 17.1. The fourth-order valence-electron chi connectivity index (χ4n) is 2.59. The monoisotopic (exact) mass is 332 g/mol. The maximum atomic E-state index is 12.3. The molecule has 3 heterocycles. The van der Waals surface area contributed by atoms with E-state index in [0.717, 1.165) is 12.1 Å². The lowest BCUT2D eigenvalue weighted by Gasteiger charge is -2.19. The summed E-state index contributed by atoms with van der Waals surface area (Å²) < 4.78 is 13.0. The van der Waals surface area contributed by atoms with Gasteiger partial charge in [0.05, 0.1) is 31.6 Å². The topological polar surface area (TPSA) is 98.2 Å². The molecular weight excluding hydrogens is 312 g/mol. The molecule has 1 amide bonds. The van der Waals surface area contributed by atoms with Crippen LogP contribution < -0.4 is 15.6 Å². The number of ether oxygens (including phenoxy) is 2. The molecule has 1 fully saturated rings. The third-order valence-corrected chi connectivity index (χ3v) is 3.80. The molecule has 0 bridgehead atoms. The minimum absolute atomic E-state index is 0.226. The highest BCUT2D eigenvalue weighted by molar-refractivity contribution is 5.92. The van der Waals surface area contributed by atoms with Gasteiger partial charge in [0, 0.05) is 12.6 Å². The van der Waals surface area contributed by atoms with Crippen LogP contribution in [0.3, 0.4) is 0 Å². The van der Waals surface area contributed by atoms with Gasteiger partial charge in [-0.25, -0.2) is 0 Å². The maximum Gasteiger partial charge on any atom is 0.268 e. The minimum atomic E-state index is -0.357. The van der Waals surface area contributed by atoms with Gasteiger partial charge >= 0.3 is 0 Å². The predicted molar refractivity (Wildman–Crippen MR) is 86.2 cm³/mol. The molecule has 8 heteroatoms.